The van der Waals surface area contributed by atoms with Crippen LogP contribution in [0.15, 0.2) is 36.4 Å². The van der Waals surface area contributed by atoms with Crippen molar-refractivity contribution in [1.82, 2.24) is 0 Å². The molecule has 2 fully saturated rings. The number of esters is 1. The maximum Gasteiger partial charge on any atom is 0.339 e. The zero-order chi connectivity index (χ0) is 17.1. The first kappa shape index (κ1) is 15.0. The fraction of sp³-hybridized carbons (Fsp3) is 0.353. The molecule has 4 unspecified atom stereocenters. The Labute approximate surface area is 137 Å². The second-order valence-corrected chi connectivity index (χ2v) is 6.08. The summed E-state index contributed by atoms with van der Waals surface area (Å²) in [6, 6.07) is 6.30. The minimum Gasteiger partial charge on any atom is -0.465 e. The van der Waals surface area contributed by atoms with Crippen LogP contribution in [-0.2, 0) is 19.1 Å². The van der Waals surface area contributed by atoms with Crippen molar-refractivity contribution < 1.29 is 29.0 Å². The first-order valence-corrected chi connectivity index (χ1v) is 7.57. The van der Waals surface area contributed by atoms with E-state index in [1.807, 2.05) is 0 Å². The standard InChI is InChI=1S/C17H15NO6/c1-23-16(22)9-4-2-3-5-10(9)18-14(20)12-11-6-7-17(8-19,24-11)13(12)15(18)21/h2-7,11-13,19H,8H2,1H3. The van der Waals surface area contributed by atoms with Crippen molar-refractivity contribution in [3.05, 3.63) is 42.0 Å². The SMILES string of the molecule is COC(=O)c1ccccc1N1C(=O)C2C3C=CC(CO)(O3)C2C1=O. The zero-order valence-electron chi connectivity index (χ0n) is 12.8. The number of rotatable bonds is 3. The Morgan fingerprint density at radius 1 is 1.33 bits per heavy atom. The Balaban J connectivity index is 1.80. The van der Waals surface area contributed by atoms with Gasteiger partial charge in [0, 0.05) is 0 Å². The van der Waals surface area contributed by atoms with Crippen molar-refractivity contribution in [1.29, 1.82) is 0 Å². The molecule has 1 aromatic rings. The van der Waals surface area contributed by atoms with E-state index in [4.69, 9.17) is 9.47 Å². The summed E-state index contributed by atoms with van der Waals surface area (Å²) in [6.45, 7) is -0.382. The minimum atomic E-state index is -1.16. The van der Waals surface area contributed by atoms with Crippen LogP contribution >= 0.6 is 0 Å². The third kappa shape index (κ3) is 1.71. The van der Waals surface area contributed by atoms with Gasteiger partial charge >= 0.3 is 5.97 Å². The normalized spacial score (nSPS) is 33.2. The lowest BCUT2D eigenvalue weighted by Crippen LogP contribution is -2.43. The van der Waals surface area contributed by atoms with Crippen LogP contribution in [0.4, 0.5) is 5.69 Å². The third-order valence-electron chi connectivity index (χ3n) is 4.95. The van der Waals surface area contributed by atoms with Crippen molar-refractivity contribution in [2.45, 2.75) is 11.7 Å². The Hall–Kier alpha value is -2.51. The summed E-state index contributed by atoms with van der Waals surface area (Å²) in [6.07, 6.45) is 2.83. The van der Waals surface area contributed by atoms with Crippen LogP contribution in [0.3, 0.4) is 0 Å². The number of aliphatic hydroxyl groups excluding tert-OH is 1. The molecule has 2 bridgehead atoms. The third-order valence-corrected chi connectivity index (χ3v) is 4.95. The highest BCUT2D eigenvalue weighted by atomic mass is 16.5. The Bertz CT molecular complexity index is 787. The second-order valence-electron chi connectivity index (χ2n) is 6.08. The molecule has 7 nitrogen and oxygen atoms in total. The molecule has 0 radical (unpaired) electrons. The average molecular weight is 329 g/mol. The fourth-order valence-electron chi connectivity index (χ4n) is 3.87. The van der Waals surface area contributed by atoms with Crippen LogP contribution in [0.2, 0.25) is 0 Å². The molecule has 0 saturated carbocycles. The van der Waals surface area contributed by atoms with Crippen molar-refractivity contribution >= 4 is 23.5 Å². The number of para-hydroxylation sites is 1. The Morgan fingerprint density at radius 3 is 2.79 bits per heavy atom. The van der Waals surface area contributed by atoms with Crippen LogP contribution in [-0.4, -0.2) is 48.3 Å². The maximum atomic E-state index is 12.9. The zero-order valence-corrected chi connectivity index (χ0v) is 12.8. The summed E-state index contributed by atoms with van der Waals surface area (Å²) in [5, 5.41) is 9.70. The highest BCUT2D eigenvalue weighted by molar-refractivity contribution is 6.25. The topological polar surface area (TPSA) is 93.1 Å². The lowest BCUT2D eigenvalue weighted by molar-refractivity contribution is -0.128. The van der Waals surface area contributed by atoms with Crippen LogP contribution in [0.25, 0.3) is 0 Å². The number of carbonyl (C=O) groups is 3. The lowest BCUT2D eigenvalue weighted by Gasteiger charge is -2.26. The van der Waals surface area contributed by atoms with E-state index in [0.717, 1.165) is 4.90 Å². The molecule has 2 saturated heterocycles. The molecule has 1 aromatic carbocycles. The number of methoxy groups -OCH3 is 1. The van der Waals surface area contributed by atoms with Gasteiger partial charge in [0.1, 0.15) is 5.60 Å². The monoisotopic (exact) mass is 329 g/mol. The molecule has 7 heteroatoms. The molecule has 4 atom stereocenters. The van der Waals surface area contributed by atoms with E-state index in [-0.39, 0.29) is 17.9 Å². The van der Waals surface area contributed by atoms with E-state index < -0.39 is 41.3 Å². The predicted molar refractivity (Wildman–Crippen MR) is 81.1 cm³/mol. The van der Waals surface area contributed by atoms with Crippen molar-refractivity contribution in [3.63, 3.8) is 0 Å². The fourth-order valence-corrected chi connectivity index (χ4v) is 3.87. The van der Waals surface area contributed by atoms with Gasteiger partial charge in [0.05, 0.1) is 42.9 Å². The Morgan fingerprint density at radius 2 is 2.08 bits per heavy atom. The van der Waals surface area contributed by atoms with Gasteiger partial charge in [-0.3, -0.25) is 9.59 Å². The van der Waals surface area contributed by atoms with Gasteiger partial charge in [-0.2, -0.15) is 0 Å². The van der Waals surface area contributed by atoms with E-state index in [1.54, 1.807) is 24.3 Å². The molecule has 0 aromatic heterocycles. The number of aliphatic hydroxyl groups is 1. The van der Waals surface area contributed by atoms with Gasteiger partial charge in [0.15, 0.2) is 0 Å². The molecular formula is C17H15NO6. The predicted octanol–water partition coefficient (Wildman–Crippen LogP) is 0.278. The van der Waals surface area contributed by atoms with E-state index in [9.17, 15) is 19.5 Å². The van der Waals surface area contributed by atoms with Crippen molar-refractivity contribution in [2.24, 2.45) is 11.8 Å². The molecule has 0 aliphatic carbocycles. The van der Waals surface area contributed by atoms with Crippen LogP contribution in [0.1, 0.15) is 10.4 Å². The number of benzene rings is 1. The summed E-state index contributed by atoms with van der Waals surface area (Å²) in [5.41, 5.74) is -0.820. The quantitative estimate of drug-likeness (QED) is 0.486. The summed E-state index contributed by atoms with van der Waals surface area (Å²) >= 11 is 0. The van der Waals surface area contributed by atoms with Gasteiger partial charge < -0.3 is 14.6 Å². The second kappa shape index (κ2) is 4.99. The van der Waals surface area contributed by atoms with Crippen LogP contribution < -0.4 is 4.90 Å². The van der Waals surface area contributed by atoms with E-state index in [2.05, 4.69) is 0 Å². The number of ether oxygens (including phenoxy) is 2. The molecule has 3 heterocycles. The number of imide groups is 1. The average Bonchev–Trinajstić information content (AvgIpc) is 3.25. The summed E-state index contributed by atoms with van der Waals surface area (Å²) in [4.78, 5) is 38.8. The van der Waals surface area contributed by atoms with Crippen molar-refractivity contribution in [2.75, 3.05) is 18.6 Å². The van der Waals surface area contributed by atoms with Gasteiger partial charge in [0.2, 0.25) is 11.8 Å². The number of amides is 2. The van der Waals surface area contributed by atoms with Crippen LogP contribution in [0, 0.1) is 11.8 Å². The molecule has 4 rings (SSSR count). The molecule has 3 aliphatic heterocycles. The molecule has 0 spiro atoms. The minimum absolute atomic E-state index is 0.140. The number of nitrogens with zero attached hydrogens (tertiary/aromatic N) is 1. The van der Waals surface area contributed by atoms with Gasteiger partial charge in [-0.05, 0) is 12.1 Å². The van der Waals surface area contributed by atoms with Gasteiger partial charge in [-0.1, -0.05) is 24.3 Å². The van der Waals surface area contributed by atoms with E-state index in [1.165, 1.54) is 19.2 Å². The number of fused-ring (bicyclic) bond motifs is 5. The number of anilines is 1. The first-order valence-electron chi connectivity index (χ1n) is 7.57. The number of carbonyl (C=O) groups excluding carboxylic acids is 3. The lowest BCUT2D eigenvalue weighted by atomic mass is 9.77. The Kier molecular flexibility index (Phi) is 3.13. The molecule has 2 amide bonds. The molecular weight excluding hydrogens is 314 g/mol. The van der Waals surface area contributed by atoms with E-state index >= 15 is 0 Å². The van der Waals surface area contributed by atoms with E-state index in [0.29, 0.717) is 0 Å². The summed E-state index contributed by atoms with van der Waals surface area (Å²) in [7, 11) is 1.24. The molecule has 24 heavy (non-hydrogen) atoms. The molecule has 124 valence electrons. The highest BCUT2D eigenvalue weighted by Gasteiger charge is 2.67. The molecule has 1 N–H and O–H groups in total. The smallest absolute Gasteiger partial charge is 0.339 e. The summed E-state index contributed by atoms with van der Waals surface area (Å²) < 4.78 is 10.4. The first-order chi connectivity index (χ1) is 11.5. The maximum absolute atomic E-state index is 12.9. The number of hydrogen-bond acceptors (Lipinski definition) is 6. The van der Waals surface area contributed by atoms with Gasteiger partial charge in [-0.25, -0.2) is 9.69 Å². The number of hydrogen-bond donors (Lipinski definition) is 1. The van der Waals surface area contributed by atoms with Crippen LogP contribution in [0.5, 0.6) is 0 Å². The van der Waals surface area contributed by atoms with Crippen molar-refractivity contribution in [3.8, 4) is 0 Å². The largest absolute Gasteiger partial charge is 0.465 e. The highest BCUT2D eigenvalue weighted by Crippen LogP contribution is 2.52. The summed E-state index contributed by atoms with van der Waals surface area (Å²) in [5.74, 6) is -2.98. The van der Waals surface area contributed by atoms with Gasteiger partial charge in [0.25, 0.3) is 0 Å². The van der Waals surface area contributed by atoms with Gasteiger partial charge in [-0.15, -0.1) is 0 Å². The molecule has 3 aliphatic rings.